The number of nitrogens with one attached hydrogen (secondary N) is 1. The Morgan fingerprint density at radius 1 is 1.19 bits per heavy atom. The van der Waals surface area contributed by atoms with Crippen molar-refractivity contribution >= 4 is 17.5 Å². The first-order chi connectivity index (χ1) is 12.5. The van der Waals surface area contributed by atoms with Gasteiger partial charge in [-0.2, -0.15) is 0 Å². The van der Waals surface area contributed by atoms with E-state index in [0.29, 0.717) is 19.4 Å². The third kappa shape index (κ3) is 4.58. The fourth-order valence-corrected chi connectivity index (χ4v) is 3.75. The van der Waals surface area contributed by atoms with Gasteiger partial charge in [-0.3, -0.25) is 14.4 Å². The molecule has 0 spiro atoms. The fourth-order valence-electron chi connectivity index (χ4n) is 3.75. The predicted molar refractivity (Wildman–Crippen MR) is 97.9 cm³/mol. The molecule has 0 radical (unpaired) electrons. The zero-order chi connectivity index (χ0) is 18.5. The van der Waals surface area contributed by atoms with Crippen LogP contribution >= 0.6 is 0 Å². The van der Waals surface area contributed by atoms with Crippen molar-refractivity contribution in [3.63, 3.8) is 0 Å². The molecule has 1 aliphatic carbocycles. The van der Waals surface area contributed by atoms with Crippen molar-refractivity contribution < 1.29 is 19.1 Å². The molecule has 5 heteroatoms. The minimum absolute atomic E-state index is 0.0109. The highest BCUT2D eigenvalue weighted by Crippen LogP contribution is 2.24. The van der Waals surface area contributed by atoms with Crippen LogP contribution in [-0.4, -0.2) is 36.7 Å². The van der Waals surface area contributed by atoms with E-state index in [0.717, 1.165) is 36.9 Å². The Bertz CT molecular complexity index is 661. The quantitative estimate of drug-likeness (QED) is 0.600. The Morgan fingerprint density at radius 3 is 2.58 bits per heavy atom. The number of ketones is 2. The molecule has 3 unspecified atom stereocenters. The molecule has 140 valence electrons. The molecule has 26 heavy (non-hydrogen) atoms. The summed E-state index contributed by atoms with van der Waals surface area (Å²) in [4.78, 5) is 36.2. The summed E-state index contributed by atoms with van der Waals surface area (Å²) in [5.41, 5.74) is 1.76. The molecule has 2 fully saturated rings. The van der Waals surface area contributed by atoms with E-state index in [1.165, 1.54) is 0 Å². The molecule has 5 nitrogen and oxygen atoms in total. The van der Waals surface area contributed by atoms with E-state index in [9.17, 15) is 14.4 Å². The van der Waals surface area contributed by atoms with Crippen LogP contribution in [0.25, 0.3) is 0 Å². The molecule has 3 rings (SSSR count). The van der Waals surface area contributed by atoms with Gasteiger partial charge in [0.25, 0.3) is 0 Å². The van der Waals surface area contributed by atoms with Crippen LogP contribution in [0.1, 0.15) is 56.1 Å². The Kier molecular flexibility index (Phi) is 6.20. The van der Waals surface area contributed by atoms with Crippen molar-refractivity contribution in [3.05, 3.63) is 35.4 Å². The van der Waals surface area contributed by atoms with E-state index in [-0.39, 0.29) is 35.9 Å². The molecule has 2 aliphatic rings. The van der Waals surface area contributed by atoms with Gasteiger partial charge >= 0.3 is 5.97 Å². The molecule has 1 heterocycles. The molecule has 3 atom stereocenters. The maximum atomic E-state index is 12.3. The van der Waals surface area contributed by atoms with Crippen LogP contribution in [0.15, 0.2) is 24.3 Å². The summed E-state index contributed by atoms with van der Waals surface area (Å²) in [6.45, 7) is 3.25. The molecule has 1 aromatic rings. The molecule has 1 saturated carbocycles. The number of ether oxygens (including phenoxy) is 1. The molecule has 1 N–H and O–H groups in total. The number of rotatable bonds is 7. The summed E-state index contributed by atoms with van der Waals surface area (Å²) >= 11 is 0. The highest BCUT2D eigenvalue weighted by Gasteiger charge is 2.30. The third-order valence-corrected chi connectivity index (χ3v) is 5.49. The van der Waals surface area contributed by atoms with Crippen molar-refractivity contribution in [1.82, 2.24) is 5.32 Å². The third-order valence-electron chi connectivity index (χ3n) is 5.49. The average molecular weight is 357 g/mol. The van der Waals surface area contributed by atoms with Crippen LogP contribution in [0.4, 0.5) is 0 Å². The molecular weight excluding hydrogens is 330 g/mol. The lowest BCUT2D eigenvalue weighted by molar-refractivity contribution is -0.145. The second-order valence-corrected chi connectivity index (χ2v) is 7.44. The van der Waals surface area contributed by atoms with Gasteiger partial charge in [0, 0.05) is 18.9 Å². The zero-order valence-electron chi connectivity index (χ0n) is 15.3. The Labute approximate surface area is 154 Å². The minimum atomic E-state index is -0.409. The average Bonchev–Trinajstić information content (AvgIpc) is 3.31. The Morgan fingerprint density at radius 2 is 1.96 bits per heavy atom. The van der Waals surface area contributed by atoms with E-state index in [1.54, 1.807) is 0 Å². The summed E-state index contributed by atoms with van der Waals surface area (Å²) in [6, 6.07) is 7.76. The number of esters is 1. The van der Waals surface area contributed by atoms with Crippen molar-refractivity contribution in [2.75, 3.05) is 13.2 Å². The molecule has 0 amide bonds. The molecule has 1 aromatic carbocycles. The van der Waals surface area contributed by atoms with Gasteiger partial charge in [-0.15, -0.1) is 0 Å². The molecule has 0 aromatic heterocycles. The van der Waals surface area contributed by atoms with Gasteiger partial charge in [-0.1, -0.05) is 24.3 Å². The van der Waals surface area contributed by atoms with Gasteiger partial charge in [0.15, 0.2) is 0 Å². The second kappa shape index (κ2) is 8.58. The number of hydrogen-bond acceptors (Lipinski definition) is 5. The zero-order valence-corrected chi connectivity index (χ0v) is 15.3. The lowest BCUT2D eigenvalue weighted by Crippen LogP contribution is -2.29. The van der Waals surface area contributed by atoms with Gasteiger partial charge in [0.2, 0.25) is 0 Å². The van der Waals surface area contributed by atoms with Gasteiger partial charge in [0.05, 0.1) is 11.8 Å². The van der Waals surface area contributed by atoms with Gasteiger partial charge in [-0.05, 0) is 50.3 Å². The molecule has 1 saturated heterocycles. The lowest BCUT2D eigenvalue weighted by atomic mass is 9.94. The summed E-state index contributed by atoms with van der Waals surface area (Å²) in [5.74, 6) is -0.874. The first-order valence-corrected chi connectivity index (χ1v) is 9.59. The van der Waals surface area contributed by atoms with Gasteiger partial charge in [0.1, 0.15) is 18.2 Å². The lowest BCUT2D eigenvalue weighted by Gasteiger charge is -2.15. The molecule has 0 bridgehead atoms. The van der Waals surface area contributed by atoms with E-state index in [1.807, 2.05) is 31.2 Å². The fraction of sp³-hybridized carbons (Fsp3) is 0.571. The summed E-state index contributed by atoms with van der Waals surface area (Å²) < 4.78 is 5.42. The van der Waals surface area contributed by atoms with Crippen molar-refractivity contribution in [2.45, 2.75) is 57.4 Å². The minimum Gasteiger partial charge on any atom is -0.464 e. The van der Waals surface area contributed by atoms with Crippen LogP contribution in [0.3, 0.4) is 0 Å². The topological polar surface area (TPSA) is 72.5 Å². The normalized spacial score (nSPS) is 23.8. The first kappa shape index (κ1) is 18.8. The second-order valence-electron chi connectivity index (χ2n) is 7.44. The van der Waals surface area contributed by atoms with E-state index in [4.69, 9.17) is 4.74 Å². The van der Waals surface area contributed by atoms with Crippen molar-refractivity contribution in [3.8, 4) is 0 Å². The first-order valence-electron chi connectivity index (χ1n) is 9.59. The van der Waals surface area contributed by atoms with E-state index >= 15 is 0 Å². The SMILES string of the molecule is CC(C(=O)OCC1CCCN1)c1ccc(CC(=O)C2CCCC2=O)cc1. The van der Waals surface area contributed by atoms with Crippen LogP contribution in [0, 0.1) is 5.92 Å². The van der Waals surface area contributed by atoms with Crippen LogP contribution in [0.5, 0.6) is 0 Å². The van der Waals surface area contributed by atoms with Crippen LogP contribution in [0.2, 0.25) is 0 Å². The standard InChI is InChI=1S/C21H27NO4/c1-14(21(25)26-13-17-4-3-11-22-17)16-9-7-15(8-10-16)12-20(24)18-5-2-6-19(18)23/h7-10,14,17-18,22H,2-6,11-13H2,1H3. The van der Waals surface area contributed by atoms with Crippen LogP contribution < -0.4 is 5.32 Å². The van der Waals surface area contributed by atoms with E-state index in [2.05, 4.69) is 5.32 Å². The Hall–Kier alpha value is -2.01. The predicted octanol–water partition coefficient (Wildman–Crippen LogP) is 2.57. The molecular formula is C21H27NO4. The maximum Gasteiger partial charge on any atom is 0.313 e. The number of carbonyl (C=O) groups excluding carboxylic acids is 3. The van der Waals surface area contributed by atoms with Gasteiger partial charge in [-0.25, -0.2) is 0 Å². The van der Waals surface area contributed by atoms with Gasteiger partial charge < -0.3 is 10.1 Å². The summed E-state index contributed by atoms with van der Waals surface area (Å²) in [6.07, 6.45) is 4.51. The largest absolute Gasteiger partial charge is 0.464 e. The number of hydrogen-bond donors (Lipinski definition) is 1. The maximum absolute atomic E-state index is 12.3. The monoisotopic (exact) mass is 357 g/mol. The number of carbonyl (C=O) groups is 3. The highest BCUT2D eigenvalue weighted by atomic mass is 16.5. The smallest absolute Gasteiger partial charge is 0.313 e. The summed E-state index contributed by atoms with van der Waals surface area (Å²) in [7, 11) is 0. The Balaban J connectivity index is 1.51. The molecule has 1 aliphatic heterocycles. The summed E-state index contributed by atoms with van der Waals surface area (Å²) in [5, 5.41) is 3.31. The van der Waals surface area contributed by atoms with Crippen molar-refractivity contribution in [1.29, 1.82) is 0 Å². The number of benzene rings is 1. The van der Waals surface area contributed by atoms with Crippen LogP contribution in [-0.2, 0) is 25.5 Å². The number of Topliss-reactive ketones (excluding diaryl/α,β-unsaturated/α-hetero) is 2. The highest BCUT2D eigenvalue weighted by molar-refractivity contribution is 6.04. The van der Waals surface area contributed by atoms with Crippen molar-refractivity contribution in [2.24, 2.45) is 5.92 Å². The van der Waals surface area contributed by atoms with E-state index < -0.39 is 5.92 Å².